The topological polar surface area (TPSA) is 68.2 Å². The number of anilines is 1. The number of rotatable bonds is 7. The fourth-order valence-corrected chi connectivity index (χ4v) is 4.27. The molecule has 1 aliphatic rings. The van der Waals surface area contributed by atoms with Crippen LogP contribution in [0.25, 0.3) is 0 Å². The van der Waals surface area contributed by atoms with Gasteiger partial charge in [0.25, 0.3) is 0 Å². The number of nitrogens with zero attached hydrogens (tertiary/aromatic N) is 2. The van der Waals surface area contributed by atoms with Gasteiger partial charge in [0.15, 0.2) is 5.11 Å². The summed E-state index contributed by atoms with van der Waals surface area (Å²) < 4.78 is 7.49. The summed E-state index contributed by atoms with van der Waals surface area (Å²) in [7, 11) is 1.89. The van der Waals surface area contributed by atoms with E-state index in [0.717, 1.165) is 42.1 Å². The number of hydrogen-bond donors (Lipinski definition) is 2. The molecule has 2 aromatic heterocycles. The quantitative estimate of drug-likeness (QED) is 0.377. The van der Waals surface area contributed by atoms with Crippen molar-refractivity contribution in [1.82, 2.24) is 14.9 Å². The minimum absolute atomic E-state index is 0.00799. The summed E-state index contributed by atoms with van der Waals surface area (Å²) in [6, 6.07) is 13.2. The van der Waals surface area contributed by atoms with E-state index in [1.165, 1.54) is 0 Å². The van der Waals surface area contributed by atoms with Gasteiger partial charge in [-0.05, 0) is 50.2 Å². The first-order valence-corrected chi connectivity index (χ1v) is 11.8. The molecular formula is C25H27ClN4O2S. The third-order valence-corrected chi connectivity index (χ3v) is 6.38. The van der Waals surface area contributed by atoms with Crippen molar-refractivity contribution < 1.29 is 9.53 Å². The lowest BCUT2D eigenvalue weighted by molar-refractivity contribution is 0.103. The van der Waals surface area contributed by atoms with Gasteiger partial charge in [0.2, 0.25) is 5.78 Å². The van der Waals surface area contributed by atoms with Crippen molar-refractivity contribution in [2.75, 3.05) is 18.5 Å². The Hall–Kier alpha value is -2.74. The molecule has 4 rings (SSSR count). The largest absolute Gasteiger partial charge is 0.376 e. The lowest BCUT2D eigenvalue weighted by atomic mass is 10.1. The SMILES string of the molecule is Cc1ccc(C(=O)c2ccc(Cc3ncc(NC(=S)NCC4CCCO4)cc3Cl)n2C)cc1. The molecule has 0 aliphatic carbocycles. The first-order chi connectivity index (χ1) is 15.9. The molecule has 0 amide bonds. The number of carbonyl (C=O) groups excluding carboxylic acids is 1. The van der Waals surface area contributed by atoms with Crippen LogP contribution >= 0.6 is 23.8 Å². The fourth-order valence-electron chi connectivity index (χ4n) is 3.84. The van der Waals surface area contributed by atoms with Crippen LogP contribution in [0.1, 0.15) is 45.8 Å². The summed E-state index contributed by atoms with van der Waals surface area (Å²) in [4.78, 5) is 17.4. The number of aryl methyl sites for hydroxylation is 1. The van der Waals surface area contributed by atoms with Crippen molar-refractivity contribution in [3.63, 3.8) is 0 Å². The molecule has 6 nitrogen and oxygen atoms in total. The highest BCUT2D eigenvalue weighted by molar-refractivity contribution is 7.80. The average molecular weight is 483 g/mol. The Morgan fingerprint density at radius 3 is 2.76 bits per heavy atom. The maximum atomic E-state index is 12.9. The Morgan fingerprint density at radius 1 is 1.27 bits per heavy atom. The van der Waals surface area contributed by atoms with Gasteiger partial charge < -0.3 is 19.9 Å². The van der Waals surface area contributed by atoms with E-state index < -0.39 is 0 Å². The first-order valence-electron chi connectivity index (χ1n) is 11.0. The van der Waals surface area contributed by atoms with Crippen LogP contribution in [0.4, 0.5) is 5.69 Å². The molecular weight excluding hydrogens is 456 g/mol. The second-order valence-corrected chi connectivity index (χ2v) is 9.08. The molecule has 1 unspecified atom stereocenters. The van der Waals surface area contributed by atoms with Crippen molar-refractivity contribution in [3.8, 4) is 0 Å². The van der Waals surface area contributed by atoms with Gasteiger partial charge in [0.05, 0.1) is 34.4 Å². The highest BCUT2D eigenvalue weighted by Gasteiger charge is 2.17. The van der Waals surface area contributed by atoms with E-state index in [4.69, 9.17) is 28.6 Å². The zero-order chi connectivity index (χ0) is 23.4. The maximum absolute atomic E-state index is 12.9. The highest BCUT2D eigenvalue weighted by atomic mass is 35.5. The molecule has 1 aliphatic heterocycles. The van der Waals surface area contributed by atoms with Crippen molar-refractivity contribution in [3.05, 3.63) is 81.9 Å². The van der Waals surface area contributed by atoms with Crippen LogP contribution in [0.2, 0.25) is 5.02 Å². The van der Waals surface area contributed by atoms with E-state index in [-0.39, 0.29) is 11.9 Å². The number of ether oxygens (including phenoxy) is 1. The molecule has 1 aromatic carbocycles. The molecule has 8 heteroatoms. The second kappa shape index (κ2) is 10.5. The number of pyridine rings is 1. The summed E-state index contributed by atoms with van der Waals surface area (Å²) in [5.41, 5.74) is 4.83. The molecule has 0 bridgehead atoms. The summed E-state index contributed by atoms with van der Waals surface area (Å²) >= 11 is 11.9. The lowest BCUT2D eigenvalue weighted by Crippen LogP contribution is -2.34. The van der Waals surface area contributed by atoms with Crippen LogP contribution < -0.4 is 10.6 Å². The van der Waals surface area contributed by atoms with E-state index in [9.17, 15) is 4.79 Å². The Labute approximate surface area is 204 Å². The molecule has 0 radical (unpaired) electrons. The lowest BCUT2D eigenvalue weighted by Gasteiger charge is -2.14. The van der Waals surface area contributed by atoms with E-state index in [1.54, 1.807) is 6.20 Å². The fraction of sp³-hybridized carbons (Fsp3) is 0.320. The number of aromatic nitrogens is 2. The Bertz CT molecular complexity index is 1150. The highest BCUT2D eigenvalue weighted by Crippen LogP contribution is 2.23. The zero-order valence-electron chi connectivity index (χ0n) is 18.7. The monoisotopic (exact) mass is 482 g/mol. The number of ketones is 1. The van der Waals surface area contributed by atoms with Crippen LogP contribution in [0, 0.1) is 6.92 Å². The molecule has 3 aromatic rings. The third kappa shape index (κ3) is 5.79. The molecule has 0 spiro atoms. The standard InChI is InChI=1S/C25H27ClN4O2S/c1-16-5-7-17(8-6-16)24(31)23-10-9-19(30(23)2)13-22-21(26)12-18(14-27-22)29-25(33)28-15-20-4-3-11-32-20/h5-10,12,14,20H,3-4,11,13,15H2,1-2H3,(H2,28,29,33). The minimum Gasteiger partial charge on any atom is -0.376 e. The summed E-state index contributed by atoms with van der Waals surface area (Å²) in [5, 5.41) is 7.34. The summed E-state index contributed by atoms with van der Waals surface area (Å²) in [6.07, 6.45) is 4.58. The van der Waals surface area contributed by atoms with E-state index in [0.29, 0.717) is 34.4 Å². The van der Waals surface area contributed by atoms with Gasteiger partial charge in [-0.25, -0.2) is 0 Å². The number of thiocarbonyl (C=S) groups is 1. The Morgan fingerprint density at radius 2 is 2.06 bits per heavy atom. The Kier molecular flexibility index (Phi) is 7.42. The Balaban J connectivity index is 1.39. The van der Waals surface area contributed by atoms with E-state index in [1.807, 2.05) is 61.0 Å². The predicted octanol–water partition coefficient (Wildman–Crippen LogP) is 4.67. The molecule has 3 heterocycles. The number of hydrogen-bond acceptors (Lipinski definition) is 4. The smallest absolute Gasteiger partial charge is 0.209 e. The predicted molar refractivity (Wildman–Crippen MR) is 135 cm³/mol. The van der Waals surface area contributed by atoms with Crippen LogP contribution in [0.15, 0.2) is 48.7 Å². The van der Waals surface area contributed by atoms with Crippen LogP contribution in [0.5, 0.6) is 0 Å². The van der Waals surface area contributed by atoms with Crippen LogP contribution in [0.3, 0.4) is 0 Å². The van der Waals surface area contributed by atoms with Crippen molar-refractivity contribution >= 4 is 40.4 Å². The van der Waals surface area contributed by atoms with E-state index in [2.05, 4.69) is 15.6 Å². The average Bonchev–Trinajstić information content (AvgIpc) is 3.44. The van der Waals surface area contributed by atoms with Crippen molar-refractivity contribution in [2.24, 2.45) is 7.05 Å². The van der Waals surface area contributed by atoms with Gasteiger partial charge in [-0.1, -0.05) is 41.4 Å². The molecule has 33 heavy (non-hydrogen) atoms. The van der Waals surface area contributed by atoms with Gasteiger partial charge in [-0.15, -0.1) is 0 Å². The molecule has 172 valence electrons. The first kappa shape index (κ1) is 23.4. The van der Waals surface area contributed by atoms with Crippen molar-refractivity contribution in [2.45, 2.75) is 32.3 Å². The molecule has 2 N–H and O–H groups in total. The normalized spacial score (nSPS) is 15.4. The van der Waals surface area contributed by atoms with E-state index >= 15 is 0 Å². The molecule has 1 atom stereocenters. The summed E-state index contributed by atoms with van der Waals surface area (Å²) in [6.45, 7) is 3.50. The van der Waals surface area contributed by atoms with Gasteiger partial charge in [0, 0.05) is 37.9 Å². The third-order valence-electron chi connectivity index (χ3n) is 5.81. The summed E-state index contributed by atoms with van der Waals surface area (Å²) in [5.74, 6) is -0.00799. The zero-order valence-corrected chi connectivity index (χ0v) is 20.3. The number of benzene rings is 1. The molecule has 1 fully saturated rings. The number of halogens is 1. The van der Waals surface area contributed by atoms with Crippen LogP contribution in [-0.4, -0.2) is 39.7 Å². The second-order valence-electron chi connectivity index (χ2n) is 8.26. The number of carbonyl (C=O) groups is 1. The molecule has 0 saturated carbocycles. The van der Waals surface area contributed by atoms with Gasteiger partial charge in [-0.3, -0.25) is 9.78 Å². The van der Waals surface area contributed by atoms with Crippen LogP contribution in [-0.2, 0) is 18.2 Å². The van der Waals surface area contributed by atoms with Gasteiger partial charge in [-0.2, -0.15) is 0 Å². The van der Waals surface area contributed by atoms with Gasteiger partial charge in [0.1, 0.15) is 0 Å². The minimum atomic E-state index is -0.00799. The number of nitrogens with one attached hydrogen (secondary N) is 2. The van der Waals surface area contributed by atoms with Gasteiger partial charge >= 0.3 is 0 Å². The molecule has 1 saturated heterocycles. The maximum Gasteiger partial charge on any atom is 0.209 e. The van der Waals surface area contributed by atoms with Crippen molar-refractivity contribution in [1.29, 1.82) is 0 Å².